The van der Waals surface area contributed by atoms with E-state index in [0.29, 0.717) is 10.6 Å². The quantitative estimate of drug-likeness (QED) is 0.493. The van der Waals surface area contributed by atoms with Crippen molar-refractivity contribution in [3.05, 3.63) is 39.2 Å². The highest BCUT2D eigenvalue weighted by Gasteiger charge is 2.18. The average molecular weight is 368 g/mol. The molecule has 2 aromatic rings. The predicted octanol–water partition coefficient (Wildman–Crippen LogP) is 3.13. The van der Waals surface area contributed by atoms with Crippen LogP contribution in [0.4, 0.5) is 11.5 Å². The van der Waals surface area contributed by atoms with Crippen LogP contribution in [0.3, 0.4) is 0 Å². The Balaban J connectivity index is 2.43. The van der Waals surface area contributed by atoms with Crippen LogP contribution in [0.5, 0.6) is 0 Å². The Morgan fingerprint density at radius 1 is 1.14 bits per heavy atom. The Morgan fingerprint density at radius 2 is 1.81 bits per heavy atom. The highest BCUT2D eigenvalue weighted by molar-refractivity contribution is 7.92. The molecule has 112 valence electrons. The van der Waals surface area contributed by atoms with Gasteiger partial charge < -0.3 is 5.73 Å². The SMILES string of the molecule is Cc1cc(S(=O)(=O)Nc2cc(Cl)nc(Cl)n2)cc(N)c1Cl. The zero-order chi connectivity index (χ0) is 15.8. The van der Waals surface area contributed by atoms with E-state index in [-0.39, 0.29) is 26.8 Å². The fourth-order valence-corrected chi connectivity index (χ4v) is 3.19. The lowest BCUT2D eigenvalue weighted by Gasteiger charge is -2.10. The van der Waals surface area contributed by atoms with Gasteiger partial charge in [0.1, 0.15) is 11.0 Å². The molecule has 1 heterocycles. The third-order valence-corrected chi connectivity index (χ3v) is 4.69. The molecule has 0 saturated carbocycles. The van der Waals surface area contributed by atoms with Crippen LogP contribution in [0.15, 0.2) is 23.1 Å². The molecule has 0 fully saturated rings. The van der Waals surface area contributed by atoms with E-state index in [1.165, 1.54) is 18.2 Å². The largest absolute Gasteiger partial charge is 0.397 e. The minimum Gasteiger partial charge on any atom is -0.397 e. The first-order valence-electron chi connectivity index (χ1n) is 5.47. The molecule has 0 aliphatic heterocycles. The van der Waals surface area contributed by atoms with Gasteiger partial charge in [0, 0.05) is 6.07 Å². The molecule has 0 saturated heterocycles. The number of nitrogens with one attached hydrogen (secondary N) is 1. The molecule has 0 aliphatic rings. The molecule has 0 aliphatic carbocycles. The van der Waals surface area contributed by atoms with E-state index in [4.69, 9.17) is 40.5 Å². The predicted molar refractivity (Wildman–Crippen MR) is 83.5 cm³/mol. The second kappa shape index (κ2) is 5.84. The topological polar surface area (TPSA) is 98.0 Å². The molecule has 0 radical (unpaired) electrons. The zero-order valence-corrected chi connectivity index (χ0v) is 13.6. The fraction of sp³-hybridized carbons (Fsp3) is 0.0909. The van der Waals surface area contributed by atoms with Crippen molar-refractivity contribution in [1.82, 2.24) is 9.97 Å². The molecule has 0 atom stereocenters. The number of aryl methyl sites for hydroxylation is 1. The van der Waals surface area contributed by atoms with Crippen molar-refractivity contribution in [3.8, 4) is 0 Å². The summed E-state index contributed by atoms with van der Waals surface area (Å²) in [5.41, 5.74) is 6.37. The van der Waals surface area contributed by atoms with Gasteiger partial charge in [0.2, 0.25) is 5.28 Å². The van der Waals surface area contributed by atoms with Crippen molar-refractivity contribution in [1.29, 1.82) is 0 Å². The lowest BCUT2D eigenvalue weighted by molar-refractivity contribution is 0.601. The van der Waals surface area contributed by atoms with Crippen LogP contribution in [-0.2, 0) is 10.0 Å². The number of benzene rings is 1. The molecule has 3 N–H and O–H groups in total. The first kappa shape index (κ1) is 16.1. The number of nitrogen functional groups attached to an aromatic ring is 1. The van der Waals surface area contributed by atoms with E-state index in [1.807, 2.05) is 0 Å². The summed E-state index contributed by atoms with van der Waals surface area (Å²) in [5.74, 6) is -0.0498. The molecule has 1 aromatic heterocycles. The lowest BCUT2D eigenvalue weighted by atomic mass is 10.2. The van der Waals surface area contributed by atoms with Crippen molar-refractivity contribution in [2.24, 2.45) is 0 Å². The number of aromatic nitrogens is 2. The summed E-state index contributed by atoms with van der Waals surface area (Å²) in [5, 5.41) is 0.147. The van der Waals surface area contributed by atoms with Crippen LogP contribution in [0.1, 0.15) is 5.56 Å². The maximum atomic E-state index is 12.3. The summed E-state index contributed by atoms with van der Waals surface area (Å²) in [6, 6.07) is 3.88. The van der Waals surface area contributed by atoms with Crippen LogP contribution in [0, 0.1) is 6.92 Å². The first-order chi connectivity index (χ1) is 9.69. The van der Waals surface area contributed by atoms with Gasteiger partial charge in [-0.2, -0.15) is 4.98 Å². The van der Waals surface area contributed by atoms with Crippen LogP contribution in [0.25, 0.3) is 0 Å². The number of sulfonamides is 1. The van der Waals surface area contributed by atoms with Gasteiger partial charge in [0.15, 0.2) is 0 Å². The molecular formula is C11H9Cl3N4O2S. The monoisotopic (exact) mass is 366 g/mol. The Kier molecular flexibility index (Phi) is 4.48. The van der Waals surface area contributed by atoms with Crippen LogP contribution in [0.2, 0.25) is 15.5 Å². The van der Waals surface area contributed by atoms with Gasteiger partial charge in [-0.15, -0.1) is 0 Å². The molecule has 10 heteroatoms. The standard InChI is InChI=1S/C11H9Cl3N4O2S/c1-5-2-6(3-7(15)10(5)13)21(19,20)18-9-4-8(12)16-11(14)17-9/h2-4H,15H2,1H3,(H,16,17,18). The van der Waals surface area contributed by atoms with Gasteiger partial charge in [-0.05, 0) is 36.2 Å². The molecule has 0 unspecified atom stereocenters. The van der Waals surface area contributed by atoms with Gasteiger partial charge in [-0.25, -0.2) is 13.4 Å². The number of nitrogens with two attached hydrogens (primary N) is 1. The Bertz CT molecular complexity index is 768. The molecule has 0 spiro atoms. The fourth-order valence-electron chi connectivity index (χ4n) is 1.56. The molecule has 21 heavy (non-hydrogen) atoms. The molecular weight excluding hydrogens is 359 g/mol. The van der Waals surface area contributed by atoms with Crippen molar-refractivity contribution >= 4 is 56.3 Å². The van der Waals surface area contributed by atoms with Crippen LogP contribution >= 0.6 is 34.8 Å². The van der Waals surface area contributed by atoms with E-state index >= 15 is 0 Å². The van der Waals surface area contributed by atoms with E-state index in [1.54, 1.807) is 6.92 Å². The van der Waals surface area contributed by atoms with Crippen molar-refractivity contribution < 1.29 is 8.42 Å². The van der Waals surface area contributed by atoms with Gasteiger partial charge in [0.05, 0.1) is 15.6 Å². The number of anilines is 2. The maximum Gasteiger partial charge on any atom is 0.263 e. The molecule has 6 nitrogen and oxygen atoms in total. The first-order valence-corrected chi connectivity index (χ1v) is 8.09. The second-order valence-corrected chi connectivity index (χ2v) is 6.88. The highest BCUT2D eigenvalue weighted by Crippen LogP contribution is 2.28. The van der Waals surface area contributed by atoms with Gasteiger partial charge in [-0.1, -0.05) is 23.2 Å². The summed E-state index contributed by atoms with van der Waals surface area (Å²) in [7, 11) is -3.90. The highest BCUT2D eigenvalue weighted by atomic mass is 35.5. The summed E-state index contributed by atoms with van der Waals surface area (Å²) < 4.78 is 26.8. The number of hydrogen-bond donors (Lipinski definition) is 2. The van der Waals surface area contributed by atoms with Gasteiger partial charge in [0.25, 0.3) is 10.0 Å². The Labute approximate surface area is 136 Å². The van der Waals surface area contributed by atoms with Crippen molar-refractivity contribution in [3.63, 3.8) is 0 Å². The molecule has 1 aromatic carbocycles. The van der Waals surface area contributed by atoms with Gasteiger partial charge >= 0.3 is 0 Å². The normalized spacial score (nSPS) is 11.4. The molecule has 0 amide bonds. The van der Waals surface area contributed by atoms with E-state index in [0.717, 1.165) is 0 Å². The summed E-state index contributed by atoms with van der Waals surface area (Å²) in [6.45, 7) is 1.65. The summed E-state index contributed by atoms with van der Waals surface area (Å²) in [4.78, 5) is 7.31. The Hall–Kier alpha value is -1.28. The van der Waals surface area contributed by atoms with E-state index < -0.39 is 10.0 Å². The smallest absolute Gasteiger partial charge is 0.263 e. The van der Waals surface area contributed by atoms with Crippen molar-refractivity contribution in [2.45, 2.75) is 11.8 Å². The summed E-state index contributed by atoms with van der Waals surface area (Å²) in [6.07, 6.45) is 0. The van der Waals surface area contributed by atoms with Crippen LogP contribution < -0.4 is 10.5 Å². The number of halogens is 3. The zero-order valence-electron chi connectivity index (χ0n) is 10.6. The minimum atomic E-state index is -3.90. The third kappa shape index (κ3) is 3.68. The van der Waals surface area contributed by atoms with E-state index in [9.17, 15) is 8.42 Å². The summed E-state index contributed by atoms with van der Waals surface area (Å²) >= 11 is 17.2. The van der Waals surface area contributed by atoms with Gasteiger partial charge in [-0.3, -0.25) is 4.72 Å². The van der Waals surface area contributed by atoms with Crippen molar-refractivity contribution in [2.75, 3.05) is 10.5 Å². The minimum absolute atomic E-state index is 0.0134. The average Bonchev–Trinajstić information content (AvgIpc) is 2.33. The molecule has 0 bridgehead atoms. The number of hydrogen-bond acceptors (Lipinski definition) is 5. The second-order valence-electron chi connectivity index (χ2n) is 4.09. The lowest BCUT2D eigenvalue weighted by Crippen LogP contribution is -2.15. The van der Waals surface area contributed by atoms with Crippen LogP contribution in [-0.4, -0.2) is 18.4 Å². The molecule has 2 rings (SSSR count). The van der Waals surface area contributed by atoms with E-state index in [2.05, 4.69) is 14.7 Å². The maximum absolute atomic E-state index is 12.3. The Morgan fingerprint density at radius 3 is 2.38 bits per heavy atom. The third-order valence-electron chi connectivity index (χ3n) is 2.47. The number of nitrogens with zero attached hydrogens (tertiary/aromatic N) is 2. The number of rotatable bonds is 3.